The molecule has 1 N–H and O–H groups in total. The van der Waals surface area contributed by atoms with Gasteiger partial charge in [-0.15, -0.1) is 0 Å². The average molecular weight is 280 g/mol. The second kappa shape index (κ2) is 7.24. The van der Waals surface area contributed by atoms with Gasteiger partial charge in [0, 0.05) is 38.8 Å². The minimum atomic E-state index is 0.511. The molecule has 0 radical (unpaired) electrons. The lowest BCUT2D eigenvalue weighted by Crippen LogP contribution is -2.57. The molecule has 20 heavy (non-hydrogen) atoms. The van der Waals surface area contributed by atoms with Gasteiger partial charge in [0.05, 0.1) is 6.10 Å². The van der Waals surface area contributed by atoms with Crippen LogP contribution in [0.3, 0.4) is 0 Å². The van der Waals surface area contributed by atoms with E-state index in [9.17, 15) is 0 Å². The molecule has 0 spiro atoms. The van der Waals surface area contributed by atoms with Crippen molar-refractivity contribution in [3.05, 3.63) is 0 Å². The summed E-state index contributed by atoms with van der Waals surface area (Å²) in [5.41, 5.74) is 0. The highest BCUT2D eigenvalue weighted by molar-refractivity contribution is 4.90. The van der Waals surface area contributed by atoms with Crippen molar-refractivity contribution in [3.63, 3.8) is 0 Å². The fourth-order valence-electron chi connectivity index (χ4n) is 4.65. The van der Waals surface area contributed by atoms with Crippen LogP contribution in [-0.4, -0.2) is 49.8 Å². The van der Waals surface area contributed by atoms with Crippen molar-refractivity contribution in [2.24, 2.45) is 5.92 Å². The third-order valence-corrected chi connectivity index (χ3v) is 5.90. The number of rotatable bonds is 3. The summed E-state index contributed by atoms with van der Waals surface area (Å²) >= 11 is 0. The molecule has 1 aliphatic heterocycles. The van der Waals surface area contributed by atoms with Gasteiger partial charge in [-0.05, 0) is 44.4 Å². The van der Waals surface area contributed by atoms with E-state index in [-0.39, 0.29) is 0 Å². The summed E-state index contributed by atoms with van der Waals surface area (Å²) in [6.45, 7) is 3.71. The van der Waals surface area contributed by atoms with Crippen molar-refractivity contribution in [2.75, 3.05) is 26.7 Å². The van der Waals surface area contributed by atoms with E-state index < -0.39 is 0 Å². The molecule has 0 aromatic heterocycles. The molecule has 3 unspecified atom stereocenters. The highest BCUT2D eigenvalue weighted by Crippen LogP contribution is 2.30. The van der Waals surface area contributed by atoms with E-state index in [0.29, 0.717) is 6.10 Å². The fraction of sp³-hybridized carbons (Fsp3) is 1.00. The van der Waals surface area contributed by atoms with Crippen molar-refractivity contribution >= 4 is 0 Å². The average Bonchev–Trinajstić information content (AvgIpc) is 2.56. The molecular weight excluding hydrogens is 248 g/mol. The molecule has 1 saturated heterocycles. The predicted octanol–water partition coefficient (Wildman–Crippen LogP) is 2.80. The third-order valence-electron chi connectivity index (χ3n) is 5.90. The van der Waals surface area contributed by atoms with Gasteiger partial charge in [-0.1, -0.05) is 19.3 Å². The summed E-state index contributed by atoms with van der Waals surface area (Å²) in [4.78, 5) is 2.78. The number of nitrogens with zero attached hydrogens (tertiary/aromatic N) is 1. The Morgan fingerprint density at radius 2 is 1.85 bits per heavy atom. The zero-order valence-electron chi connectivity index (χ0n) is 13.2. The van der Waals surface area contributed by atoms with Crippen molar-refractivity contribution in [1.82, 2.24) is 10.2 Å². The number of methoxy groups -OCH3 is 1. The summed E-state index contributed by atoms with van der Waals surface area (Å²) in [5, 5.41) is 3.81. The molecule has 0 bridgehead atoms. The molecular formula is C17H32N2O. The minimum absolute atomic E-state index is 0.511. The molecule has 3 atom stereocenters. The Balaban J connectivity index is 1.54. The van der Waals surface area contributed by atoms with Crippen molar-refractivity contribution in [1.29, 1.82) is 0 Å². The quantitative estimate of drug-likeness (QED) is 0.860. The normalized spacial score (nSPS) is 38.0. The van der Waals surface area contributed by atoms with Crippen LogP contribution >= 0.6 is 0 Å². The van der Waals surface area contributed by atoms with Crippen LogP contribution in [0.1, 0.15) is 57.8 Å². The molecule has 0 aromatic rings. The maximum Gasteiger partial charge on any atom is 0.0586 e. The first kappa shape index (κ1) is 14.8. The highest BCUT2D eigenvalue weighted by Gasteiger charge is 2.33. The Morgan fingerprint density at radius 3 is 2.65 bits per heavy atom. The lowest BCUT2D eigenvalue weighted by molar-refractivity contribution is 0.0145. The van der Waals surface area contributed by atoms with Gasteiger partial charge in [0.25, 0.3) is 0 Å². The molecule has 3 rings (SSSR count). The topological polar surface area (TPSA) is 24.5 Å². The van der Waals surface area contributed by atoms with Gasteiger partial charge < -0.3 is 10.1 Å². The number of nitrogens with one attached hydrogen (secondary N) is 1. The molecule has 3 fully saturated rings. The van der Waals surface area contributed by atoms with E-state index >= 15 is 0 Å². The third kappa shape index (κ3) is 3.55. The van der Waals surface area contributed by atoms with Gasteiger partial charge in [-0.2, -0.15) is 0 Å². The zero-order valence-corrected chi connectivity index (χ0v) is 13.2. The number of piperazine rings is 1. The molecule has 0 aromatic carbocycles. The van der Waals surface area contributed by atoms with Gasteiger partial charge in [0.2, 0.25) is 0 Å². The molecule has 1 heterocycles. The SMILES string of the molecule is COC1CCCC(N2CCNC(C3CCCCC3)C2)C1. The molecule has 0 amide bonds. The molecule has 3 nitrogen and oxygen atoms in total. The van der Waals surface area contributed by atoms with Crippen LogP contribution in [0.25, 0.3) is 0 Å². The fourth-order valence-corrected chi connectivity index (χ4v) is 4.65. The van der Waals surface area contributed by atoms with E-state index in [2.05, 4.69) is 10.2 Å². The van der Waals surface area contributed by atoms with Gasteiger partial charge in [-0.3, -0.25) is 4.90 Å². The summed E-state index contributed by atoms with van der Waals surface area (Å²) in [7, 11) is 1.88. The molecule has 3 aliphatic rings. The Morgan fingerprint density at radius 1 is 1.00 bits per heavy atom. The molecule has 2 saturated carbocycles. The van der Waals surface area contributed by atoms with Crippen LogP contribution < -0.4 is 5.32 Å². The summed E-state index contributed by atoms with van der Waals surface area (Å²) < 4.78 is 5.61. The predicted molar refractivity (Wildman–Crippen MR) is 83.0 cm³/mol. The standard InChI is InChI=1S/C17H32N2O/c1-20-16-9-5-8-15(12-16)19-11-10-18-17(13-19)14-6-3-2-4-7-14/h14-18H,2-13H2,1H3. The monoisotopic (exact) mass is 280 g/mol. The maximum absolute atomic E-state index is 5.61. The summed E-state index contributed by atoms with van der Waals surface area (Å²) in [6, 6.07) is 1.54. The number of hydrogen-bond donors (Lipinski definition) is 1. The van der Waals surface area contributed by atoms with Crippen LogP contribution in [0.2, 0.25) is 0 Å². The lowest BCUT2D eigenvalue weighted by Gasteiger charge is -2.44. The van der Waals surface area contributed by atoms with Gasteiger partial charge in [-0.25, -0.2) is 0 Å². The first-order valence-electron chi connectivity index (χ1n) is 8.87. The van der Waals surface area contributed by atoms with Crippen LogP contribution in [0, 0.1) is 5.92 Å². The van der Waals surface area contributed by atoms with Gasteiger partial charge in [0.15, 0.2) is 0 Å². The van der Waals surface area contributed by atoms with Crippen molar-refractivity contribution in [2.45, 2.75) is 76.0 Å². The highest BCUT2D eigenvalue weighted by atomic mass is 16.5. The lowest BCUT2D eigenvalue weighted by atomic mass is 9.82. The first-order chi connectivity index (χ1) is 9.86. The Bertz CT molecular complexity index is 291. The smallest absolute Gasteiger partial charge is 0.0586 e. The van der Waals surface area contributed by atoms with Crippen molar-refractivity contribution in [3.8, 4) is 0 Å². The van der Waals surface area contributed by atoms with Crippen LogP contribution in [-0.2, 0) is 4.74 Å². The Kier molecular flexibility index (Phi) is 5.36. The maximum atomic E-state index is 5.61. The first-order valence-corrected chi connectivity index (χ1v) is 8.87. The van der Waals surface area contributed by atoms with Gasteiger partial charge >= 0.3 is 0 Å². The molecule has 2 aliphatic carbocycles. The van der Waals surface area contributed by atoms with Gasteiger partial charge in [0.1, 0.15) is 0 Å². The Labute approximate surface area is 124 Å². The number of hydrogen-bond acceptors (Lipinski definition) is 3. The van der Waals surface area contributed by atoms with E-state index in [0.717, 1.165) is 18.0 Å². The van der Waals surface area contributed by atoms with E-state index in [1.165, 1.54) is 77.4 Å². The van der Waals surface area contributed by atoms with E-state index in [4.69, 9.17) is 4.74 Å². The largest absolute Gasteiger partial charge is 0.381 e. The van der Waals surface area contributed by atoms with Crippen LogP contribution in [0.15, 0.2) is 0 Å². The number of ether oxygens (including phenoxy) is 1. The van der Waals surface area contributed by atoms with E-state index in [1.54, 1.807) is 0 Å². The van der Waals surface area contributed by atoms with Crippen LogP contribution in [0.5, 0.6) is 0 Å². The van der Waals surface area contributed by atoms with Crippen LogP contribution in [0.4, 0.5) is 0 Å². The second-order valence-electron chi connectivity index (χ2n) is 7.13. The van der Waals surface area contributed by atoms with Crippen molar-refractivity contribution < 1.29 is 4.74 Å². The van der Waals surface area contributed by atoms with E-state index in [1.807, 2.05) is 7.11 Å². The summed E-state index contributed by atoms with van der Waals surface area (Å²) in [5.74, 6) is 0.938. The zero-order chi connectivity index (χ0) is 13.8. The molecule has 116 valence electrons. The Hall–Kier alpha value is -0.120. The summed E-state index contributed by atoms with van der Waals surface area (Å²) in [6.07, 6.45) is 13.1. The molecule has 3 heteroatoms. The minimum Gasteiger partial charge on any atom is -0.381 e. The second-order valence-corrected chi connectivity index (χ2v) is 7.13.